The minimum atomic E-state index is -1.11. The van der Waals surface area contributed by atoms with Gasteiger partial charge in [-0.05, 0) is 23.2 Å². The van der Waals surface area contributed by atoms with E-state index in [4.69, 9.17) is 0 Å². The Hall–Kier alpha value is -3.44. The maximum Gasteiger partial charge on any atom is 0.326 e. The molecule has 1 saturated heterocycles. The van der Waals surface area contributed by atoms with E-state index in [1.165, 1.54) is 4.90 Å². The van der Waals surface area contributed by atoms with Crippen molar-refractivity contribution in [3.05, 3.63) is 108 Å². The van der Waals surface area contributed by atoms with Crippen molar-refractivity contribution in [3.63, 3.8) is 0 Å². The predicted molar refractivity (Wildman–Crippen MR) is 121 cm³/mol. The van der Waals surface area contributed by atoms with E-state index >= 15 is 0 Å². The maximum absolute atomic E-state index is 13.8. The van der Waals surface area contributed by atoms with Crippen molar-refractivity contribution in [2.45, 2.75) is 25.4 Å². The van der Waals surface area contributed by atoms with Gasteiger partial charge >= 0.3 is 6.03 Å². The van der Waals surface area contributed by atoms with E-state index in [9.17, 15) is 9.59 Å². The molecular weight excluding hydrogens is 386 g/mol. The smallest absolute Gasteiger partial charge is 0.319 e. The Morgan fingerprint density at radius 1 is 0.806 bits per heavy atom. The zero-order valence-corrected chi connectivity index (χ0v) is 17.7. The summed E-state index contributed by atoms with van der Waals surface area (Å²) in [5, 5.41) is 3.04. The third-order valence-corrected chi connectivity index (χ3v) is 5.79. The van der Waals surface area contributed by atoms with Crippen molar-refractivity contribution in [2.75, 3.05) is 13.2 Å². The van der Waals surface area contributed by atoms with Gasteiger partial charge in [0.15, 0.2) is 5.54 Å². The summed E-state index contributed by atoms with van der Waals surface area (Å²) in [6.07, 6.45) is 0.406. The number of benzene rings is 3. The number of carbonyl (C=O) groups is 2. The number of nitrogens with one attached hydrogen (secondary N) is 1. The van der Waals surface area contributed by atoms with E-state index < -0.39 is 5.54 Å². The minimum absolute atomic E-state index is 0.209. The van der Waals surface area contributed by atoms with Crippen molar-refractivity contribution in [1.82, 2.24) is 15.1 Å². The summed E-state index contributed by atoms with van der Waals surface area (Å²) >= 11 is 0. The van der Waals surface area contributed by atoms with Gasteiger partial charge in [-0.3, -0.25) is 9.69 Å². The Kier molecular flexibility index (Phi) is 6.14. The molecule has 0 aliphatic carbocycles. The second kappa shape index (κ2) is 9.14. The van der Waals surface area contributed by atoms with Crippen molar-refractivity contribution in [3.8, 4) is 0 Å². The lowest BCUT2D eigenvalue weighted by Gasteiger charge is -2.29. The molecule has 3 amide bonds. The number of urea groups is 1. The largest absolute Gasteiger partial charge is 0.326 e. The molecule has 0 spiro atoms. The molecule has 0 bridgehead atoms. The Bertz CT molecular complexity index is 1020. The molecule has 1 N–H and O–H groups in total. The molecule has 5 nitrogen and oxygen atoms in total. The van der Waals surface area contributed by atoms with Gasteiger partial charge in [0.25, 0.3) is 5.91 Å². The molecule has 5 heteroatoms. The summed E-state index contributed by atoms with van der Waals surface area (Å²) in [6.45, 7) is 3.68. The monoisotopic (exact) mass is 413 g/mol. The fourth-order valence-electron chi connectivity index (χ4n) is 4.10. The van der Waals surface area contributed by atoms with Crippen LogP contribution in [0, 0.1) is 0 Å². The number of imide groups is 1. The minimum Gasteiger partial charge on any atom is -0.319 e. The lowest BCUT2D eigenvalue weighted by Crippen LogP contribution is -2.47. The number of hydrogen-bond donors (Lipinski definition) is 1. The predicted octanol–water partition coefficient (Wildman–Crippen LogP) is 4.16. The lowest BCUT2D eigenvalue weighted by molar-refractivity contribution is -0.133. The second-order valence-electron chi connectivity index (χ2n) is 7.87. The van der Waals surface area contributed by atoms with Gasteiger partial charge < -0.3 is 5.32 Å². The highest BCUT2D eigenvalue weighted by molar-refractivity contribution is 6.07. The Morgan fingerprint density at radius 2 is 1.35 bits per heavy atom. The highest BCUT2D eigenvalue weighted by Gasteiger charge is 2.52. The van der Waals surface area contributed by atoms with Crippen LogP contribution in [0.25, 0.3) is 0 Å². The number of amides is 3. The number of carbonyl (C=O) groups excluding carboxylic acids is 2. The van der Waals surface area contributed by atoms with Crippen LogP contribution in [0.3, 0.4) is 0 Å². The molecule has 1 aliphatic rings. The normalized spacial score (nSPS) is 18.5. The van der Waals surface area contributed by atoms with Crippen LogP contribution in [0.4, 0.5) is 4.79 Å². The molecule has 3 aromatic carbocycles. The zero-order valence-electron chi connectivity index (χ0n) is 17.7. The van der Waals surface area contributed by atoms with Crippen LogP contribution in [0.1, 0.15) is 23.6 Å². The summed E-state index contributed by atoms with van der Waals surface area (Å²) in [6, 6.07) is 29.1. The molecule has 4 rings (SSSR count). The first kappa shape index (κ1) is 20.8. The van der Waals surface area contributed by atoms with E-state index in [2.05, 4.69) is 22.3 Å². The van der Waals surface area contributed by atoms with E-state index in [-0.39, 0.29) is 18.6 Å². The summed E-state index contributed by atoms with van der Waals surface area (Å²) in [7, 11) is 0. The molecule has 1 atom stereocenters. The SMILES string of the molecule is CCN(Cc1ccccc1)CN1C(=O)N[C@](Cc2ccccc2)(c2ccccc2)C1=O. The summed E-state index contributed by atoms with van der Waals surface area (Å²) in [5.41, 5.74) is 1.84. The third kappa shape index (κ3) is 4.37. The Balaban J connectivity index is 1.62. The van der Waals surface area contributed by atoms with Gasteiger partial charge in [0.2, 0.25) is 0 Å². The van der Waals surface area contributed by atoms with Gasteiger partial charge in [-0.15, -0.1) is 0 Å². The van der Waals surface area contributed by atoms with Gasteiger partial charge in [-0.1, -0.05) is 97.9 Å². The fourth-order valence-corrected chi connectivity index (χ4v) is 4.10. The van der Waals surface area contributed by atoms with Crippen LogP contribution in [-0.4, -0.2) is 35.0 Å². The second-order valence-corrected chi connectivity index (χ2v) is 7.87. The molecular formula is C26H27N3O2. The van der Waals surface area contributed by atoms with Gasteiger partial charge in [0, 0.05) is 13.0 Å². The van der Waals surface area contributed by atoms with Crippen LogP contribution < -0.4 is 5.32 Å². The van der Waals surface area contributed by atoms with E-state index in [0.717, 1.165) is 23.2 Å². The summed E-state index contributed by atoms with van der Waals surface area (Å²) in [5.74, 6) is -0.209. The number of hydrogen-bond acceptors (Lipinski definition) is 3. The molecule has 1 heterocycles. The highest BCUT2D eigenvalue weighted by atomic mass is 16.2. The average Bonchev–Trinajstić information content (AvgIpc) is 3.05. The van der Waals surface area contributed by atoms with Crippen molar-refractivity contribution < 1.29 is 9.59 Å². The highest BCUT2D eigenvalue weighted by Crippen LogP contribution is 2.33. The molecule has 3 aromatic rings. The lowest BCUT2D eigenvalue weighted by atomic mass is 9.83. The molecule has 158 valence electrons. The number of rotatable bonds is 8. The number of nitrogens with zero attached hydrogens (tertiary/aromatic N) is 2. The van der Waals surface area contributed by atoms with Crippen LogP contribution in [-0.2, 0) is 23.3 Å². The van der Waals surface area contributed by atoms with E-state index in [1.807, 2.05) is 85.8 Å². The molecule has 0 unspecified atom stereocenters. The van der Waals surface area contributed by atoms with Crippen molar-refractivity contribution in [2.24, 2.45) is 0 Å². The van der Waals surface area contributed by atoms with Crippen LogP contribution >= 0.6 is 0 Å². The first-order valence-electron chi connectivity index (χ1n) is 10.6. The first-order valence-corrected chi connectivity index (χ1v) is 10.6. The van der Waals surface area contributed by atoms with Gasteiger partial charge in [0.05, 0.1) is 6.67 Å². The summed E-state index contributed by atoms with van der Waals surface area (Å²) < 4.78 is 0. The quantitative estimate of drug-likeness (QED) is 0.565. The van der Waals surface area contributed by atoms with Crippen molar-refractivity contribution >= 4 is 11.9 Å². The average molecular weight is 414 g/mol. The van der Waals surface area contributed by atoms with Crippen molar-refractivity contribution in [1.29, 1.82) is 0 Å². The fraction of sp³-hybridized carbons (Fsp3) is 0.231. The summed E-state index contributed by atoms with van der Waals surface area (Å²) in [4.78, 5) is 30.2. The van der Waals surface area contributed by atoms with Gasteiger partial charge in [-0.25, -0.2) is 9.69 Å². The Morgan fingerprint density at radius 3 is 1.94 bits per heavy atom. The standard InChI is InChI=1S/C26H27N3O2/c1-2-28(19-22-14-8-4-9-15-22)20-29-24(30)26(27-25(29)31,23-16-10-5-11-17-23)18-21-12-6-3-7-13-21/h3-17H,2,18-20H2,1H3,(H,27,31)/t26-/m1/s1. The van der Waals surface area contributed by atoms with Crippen LogP contribution in [0.2, 0.25) is 0 Å². The maximum atomic E-state index is 13.8. The topological polar surface area (TPSA) is 52.6 Å². The Labute approximate surface area is 183 Å². The molecule has 1 fully saturated rings. The van der Waals surface area contributed by atoms with Crippen LogP contribution in [0.15, 0.2) is 91.0 Å². The van der Waals surface area contributed by atoms with Gasteiger partial charge in [0.1, 0.15) is 0 Å². The van der Waals surface area contributed by atoms with E-state index in [1.54, 1.807) is 0 Å². The first-order chi connectivity index (χ1) is 15.1. The zero-order chi connectivity index (χ0) is 21.7. The van der Waals surface area contributed by atoms with Gasteiger partial charge in [-0.2, -0.15) is 0 Å². The molecule has 0 saturated carbocycles. The molecule has 0 aromatic heterocycles. The third-order valence-electron chi connectivity index (χ3n) is 5.79. The molecule has 31 heavy (non-hydrogen) atoms. The molecule has 0 radical (unpaired) electrons. The van der Waals surface area contributed by atoms with E-state index in [0.29, 0.717) is 13.0 Å². The molecule has 1 aliphatic heterocycles. The van der Waals surface area contributed by atoms with Crippen LogP contribution in [0.5, 0.6) is 0 Å².